The van der Waals surface area contributed by atoms with Gasteiger partial charge in [0.05, 0.1) is 33.5 Å². The van der Waals surface area contributed by atoms with Crippen molar-refractivity contribution in [2.24, 2.45) is 5.73 Å². The highest BCUT2D eigenvalue weighted by atomic mass is 16.5. The van der Waals surface area contributed by atoms with E-state index in [9.17, 15) is 0 Å². The summed E-state index contributed by atoms with van der Waals surface area (Å²) in [5.41, 5.74) is 7.73. The molecule has 10 nitrogen and oxygen atoms in total. The zero-order valence-electron chi connectivity index (χ0n) is 20.2. The number of ether oxygens (including phenoxy) is 3. The second-order valence-corrected chi connectivity index (χ2v) is 7.61. The van der Waals surface area contributed by atoms with Crippen molar-refractivity contribution in [3.63, 3.8) is 0 Å². The van der Waals surface area contributed by atoms with E-state index in [1.165, 1.54) is 5.56 Å². The van der Waals surface area contributed by atoms with Gasteiger partial charge < -0.3 is 35.9 Å². The van der Waals surface area contributed by atoms with Gasteiger partial charge in [-0.15, -0.1) is 0 Å². The summed E-state index contributed by atoms with van der Waals surface area (Å²) in [5.74, 6) is 2.28. The first-order chi connectivity index (χ1) is 17.3. The van der Waals surface area contributed by atoms with Crippen molar-refractivity contribution in [2.75, 3.05) is 69.1 Å². The van der Waals surface area contributed by atoms with Gasteiger partial charge in [-0.3, -0.25) is 0 Å². The van der Waals surface area contributed by atoms with E-state index < -0.39 is 0 Å². The average Bonchev–Trinajstić information content (AvgIpc) is 2.90. The minimum absolute atomic E-state index is 0.474. The number of hydrogen-bond acceptors (Lipinski definition) is 10. The van der Waals surface area contributed by atoms with Crippen LogP contribution in [0.15, 0.2) is 54.6 Å². The van der Waals surface area contributed by atoms with Gasteiger partial charge in [-0.2, -0.15) is 15.0 Å². The molecule has 0 radical (unpaired) electrons. The molecule has 0 aliphatic heterocycles. The Morgan fingerprint density at radius 1 is 0.686 bits per heavy atom. The lowest BCUT2D eigenvalue weighted by Gasteiger charge is -2.12. The maximum absolute atomic E-state index is 5.56. The Morgan fingerprint density at radius 2 is 1.31 bits per heavy atom. The molecule has 188 valence electrons. The highest BCUT2D eigenvalue weighted by Gasteiger charge is 2.07. The van der Waals surface area contributed by atoms with Gasteiger partial charge in [0.2, 0.25) is 17.8 Å². The monoisotopic (exact) mass is 481 g/mol. The Bertz CT molecular complexity index is 975. The Morgan fingerprint density at radius 3 is 1.97 bits per heavy atom. The molecule has 3 rings (SSSR count). The molecule has 0 aliphatic carbocycles. The third kappa shape index (κ3) is 10.1. The standard InChI is InChI=1S/C25H35N7O3/c1-33-22-9-7-21(8-10-22)19-29-25-31-23(27-13-11-20-5-3-2-4-6-20)30-24(32-25)28-14-16-35-18-17-34-15-12-26/h2-10H,11-19,26H2,1H3,(H3,27,28,29,30,31,32). The largest absolute Gasteiger partial charge is 0.497 e. The lowest BCUT2D eigenvalue weighted by molar-refractivity contribution is 0.0547. The molecule has 5 N–H and O–H groups in total. The van der Waals surface area contributed by atoms with Gasteiger partial charge >= 0.3 is 0 Å². The Balaban J connectivity index is 1.54. The summed E-state index contributed by atoms with van der Waals surface area (Å²) >= 11 is 0. The van der Waals surface area contributed by atoms with Crippen molar-refractivity contribution in [3.05, 3.63) is 65.7 Å². The topological polar surface area (TPSA) is 128 Å². The number of nitrogens with zero attached hydrogens (tertiary/aromatic N) is 3. The van der Waals surface area contributed by atoms with Gasteiger partial charge in [0.15, 0.2) is 0 Å². The third-order valence-electron chi connectivity index (χ3n) is 4.95. The van der Waals surface area contributed by atoms with Crippen molar-refractivity contribution in [2.45, 2.75) is 13.0 Å². The number of rotatable bonds is 17. The number of aromatic nitrogens is 3. The minimum atomic E-state index is 0.474. The lowest BCUT2D eigenvalue weighted by Crippen LogP contribution is -2.17. The summed E-state index contributed by atoms with van der Waals surface area (Å²) in [6, 6.07) is 18.1. The van der Waals surface area contributed by atoms with Crippen LogP contribution in [0.3, 0.4) is 0 Å². The fourth-order valence-electron chi connectivity index (χ4n) is 3.14. The highest BCUT2D eigenvalue weighted by molar-refractivity contribution is 5.43. The van der Waals surface area contributed by atoms with E-state index in [2.05, 4.69) is 43.0 Å². The first-order valence-electron chi connectivity index (χ1n) is 11.8. The predicted octanol–water partition coefficient (Wildman–Crippen LogP) is 2.55. The molecule has 2 aromatic carbocycles. The van der Waals surface area contributed by atoms with Crippen LogP contribution in [0, 0.1) is 0 Å². The van der Waals surface area contributed by atoms with Crippen LogP contribution in [0.1, 0.15) is 11.1 Å². The summed E-state index contributed by atoms with van der Waals surface area (Å²) in [6.45, 7) is 4.43. The SMILES string of the molecule is COc1ccc(CNc2nc(NCCOCCOCCN)nc(NCCc3ccccc3)n2)cc1. The molecular formula is C25H35N7O3. The van der Waals surface area contributed by atoms with Gasteiger partial charge in [-0.1, -0.05) is 42.5 Å². The maximum Gasteiger partial charge on any atom is 0.229 e. The van der Waals surface area contributed by atoms with Crippen LogP contribution >= 0.6 is 0 Å². The quantitative estimate of drug-likeness (QED) is 0.214. The van der Waals surface area contributed by atoms with Crippen molar-refractivity contribution >= 4 is 17.8 Å². The Hall–Kier alpha value is -3.47. The van der Waals surface area contributed by atoms with E-state index in [1.807, 2.05) is 42.5 Å². The molecule has 0 bridgehead atoms. The predicted molar refractivity (Wildman–Crippen MR) is 138 cm³/mol. The van der Waals surface area contributed by atoms with Gasteiger partial charge in [-0.05, 0) is 29.7 Å². The molecule has 1 heterocycles. The molecule has 0 atom stereocenters. The van der Waals surface area contributed by atoms with E-state index in [1.54, 1.807) is 7.11 Å². The smallest absolute Gasteiger partial charge is 0.229 e. The fourth-order valence-corrected chi connectivity index (χ4v) is 3.14. The number of anilines is 3. The summed E-state index contributed by atoms with van der Waals surface area (Å²) in [7, 11) is 1.65. The van der Waals surface area contributed by atoms with E-state index in [0.29, 0.717) is 70.5 Å². The van der Waals surface area contributed by atoms with Crippen molar-refractivity contribution in [1.29, 1.82) is 0 Å². The van der Waals surface area contributed by atoms with Crippen LogP contribution in [-0.4, -0.2) is 68.1 Å². The minimum Gasteiger partial charge on any atom is -0.497 e. The molecule has 35 heavy (non-hydrogen) atoms. The van der Waals surface area contributed by atoms with Crippen LogP contribution in [0.25, 0.3) is 0 Å². The average molecular weight is 482 g/mol. The van der Waals surface area contributed by atoms with Crippen molar-refractivity contribution in [1.82, 2.24) is 15.0 Å². The number of methoxy groups -OCH3 is 1. The molecule has 0 fully saturated rings. The van der Waals surface area contributed by atoms with Gasteiger partial charge in [-0.25, -0.2) is 0 Å². The van der Waals surface area contributed by atoms with Crippen LogP contribution in [0.4, 0.5) is 17.8 Å². The Kier molecular flexibility index (Phi) is 11.5. The molecule has 0 saturated heterocycles. The molecule has 0 spiro atoms. The van der Waals surface area contributed by atoms with Crippen LogP contribution < -0.4 is 26.4 Å². The van der Waals surface area contributed by atoms with Crippen molar-refractivity contribution in [3.8, 4) is 5.75 Å². The summed E-state index contributed by atoms with van der Waals surface area (Å²) < 4.78 is 16.1. The molecule has 0 saturated carbocycles. The van der Waals surface area contributed by atoms with Crippen LogP contribution in [0.2, 0.25) is 0 Å². The fraction of sp³-hybridized carbons (Fsp3) is 0.400. The summed E-state index contributed by atoms with van der Waals surface area (Å²) in [6.07, 6.45) is 0.865. The van der Waals surface area contributed by atoms with Crippen LogP contribution in [0.5, 0.6) is 5.75 Å². The normalized spacial score (nSPS) is 10.7. The second kappa shape index (κ2) is 15.4. The van der Waals surface area contributed by atoms with Gasteiger partial charge in [0.25, 0.3) is 0 Å². The number of nitrogens with one attached hydrogen (secondary N) is 3. The zero-order chi connectivity index (χ0) is 24.6. The van der Waals surface area contributed by atoms with E-state index in [0.717, 1.165) is 17.7 Å². The molecule has 0 amide bonds. The highest BCUT2D eigenvalue weighted by Crippen LogP contribution is 2.14. The number of benzene rings is 2. The maximum atomic E-state index is 5.56. The molecule has 1 aromatic heterocycles. The first-order valence-corrected chi connectivity index (χ1v) is 11.8. The van der Waals surface area contributed by atoms with Gasteiger partial charge in [0, 0.05) is 26.2 Å². The second-order valence-electron chi connectivity index (χ2n) is 7.61. The zero-order valence-corrected chi connectivity index (χ0v) is 20.2. The van der Waals surface area contributed by atoms with Gasteiger partial charge in [0.1, 0.15) is 5.75 Å². The number of nitrogens with two attached hydrogens (primary N) is 1. The first kappa shape index (κ1) is 26.1. The summed E-state index contributed by atoms with van der Waals surface area (Å²) in [4.78, 5) is 13.5. The van der Waals surface area contributed by atoms with E-state index >= 15 is 0 Å². The van der Waals surface area contributed by atoms with E-state index in [-0.39, 0.29) is 0 Å². The lowest BCUT2D eigenvalue weighted by atomic mass is 10.1. The molecule has 0 unspecified atom stereocenters. The third-order valence-corrected chi connectivity index (χ3v) is 4.95. The van der Waals surface area contributed by atoms with Crippen molar-refractivity contribution < 1.29 is 14.2 Å². The molecule has 10 heteroatoms. The molecular weight excluding hydrogens is 446 g/mol. The molecule has 0 aliphatic rings. The van der Waals surface area contributed by atoms with Crippen LogP contribution in [-0.2, 0) is 22.4 Å². The summed E-state index contributed by atoms with van der Waals surface area (Å²) in [5, 5.41) is 9.78. The Labute approximate surface area is 206 Å². The van der Waals surface area contributed by atoms with E-state index in [4.69, 9.17) is 19.9 Å². The molecule has 3 aromatic rings. The number of hydrogen-bond donors (Lipinski definition) is 4.